The number of nitrogens with one attached hydrogen (secondary N) is 2. The van der Waals surface area contributed by atoms with Crippen molar-refractivity contribution >= 4 is 27.5 Å². The van der Waals surface area contributed by atoms with Gasteiger partial charge in [0, 0.05) is 17.0 Å². The van der Waals surface area contributed by atoms with Crippen molar-refractivity contribution in [2.24, 2.45) is 0 Å². The molecule has 1 amide bonds. The van der Waals surface area contributed by atoms with E-state index >= 15 is 0 Å². The van der Waals surface area contributed by atoms with Gasteiger partial charge >= 0.3 is 0 Å². The van der Waals surface area contributed by atoms with Gasteiger partial charge in [-0.15, -0.1) is 0 Å². The van der Waals surface area contributed by atoms with Crippen LogP contribution in [0.4, 0.5) is 14.5 Å². The van der Waals surface area contributed by atoms with Crippen LogP contribution in [0.1, 0.15) is 12.8 Å². The van der Waals surface area contributed by atoms with Crippen LogP contribution in [0, 0.1) is 11.6 Å². The fourth-order valence-corrected chi connectivity index (χ4v) is 1.80. The van der Waals surface area contributed by atoms with Crippen LogP contribution < -0.4 is 10.6 Å². The van der Waals surface area contributed by atoms with Crippen LogP contribution >= 0.6 is 15.9 Å². The first-order valence-electron chi connectivity index (χ1n) is 5.13. The van der Waals surface area contributed by atoms with E-state index in [1.807, 2.05) is 0 Å². The van der Waals surface area contributed by atoms with Crippen molar-refractivity contribution in [1.29, 1.82) is 0 Å². The molecule has 1 aromatic carbocycles. The first kappa shape index (κ1) is 14.1. The van der Waals surface area contributed by atoms with E-state index in [-0.39, 0.29) is 22.5 Å². The number of carbonyl (C=O) groups excluding carboxylic acids is 1. The summed E-state index contributed by atoms with van der Waals surface area (Å²) in [6, 6.07) is 1.83. The number of carbonyl (C=O) groups is 1. The summed E-state index contributed by atoms with van der Waals surface area (Å²) < 4.78 is 26.4. The lowest BCUT2D eigenvalue weighted by molar-refractivity contribution is -0.116. The van der Waals surface area contributed by atoms with E-state index < -0.39 is 11.6 Å². The van der Waals surface area contributed by atoms with Crippen LogP contribution in [0.15, 0.2) is 16.6 Å². The Morgan fingerprint density at radius 2 is 2.12 bits per heavy atom. The Kier molecular flexibility index (Phi) is 5.50. The quantitative estimate of drug-likeness (QED) is 0.821. The van der Waals surface area contributed by atoms with Crippen LogP contribution in [0.25, 0.3) is 0 Å². The van der Waals surface area contributed by atoms with Gasteiger partial charge in [0.1, 0.15) is 5.82 Å². The van der Waals surface area contributed by atoms with E-state index in [4.69, 9.17) is 0 Å². The Bertz CT molecular complexity index is 389. The summed E-state index contributed by atoms with van der Waals surface area (Å²) >= 11 is 3.00. The molecule has 0 fully saturated rings. The van der Waals surface area contributed by atoms with E-state index in [1.54, 1.807) is 7.05 Å². The van der Waals surface area contributed by atoms with Crippen molar-refractivity contribution in [3.63, 3.8) is 0 Å². The third kappa shape index (κ3) is 4.40. The molecule has 3 nitrogen and oxygen atoms in total. The molecule has 17 heavy (non-hydrogen) atoms. The molecule has 0 radical (unpaired) electrons. The smallest absolute Gasteiger partial charge is 0.224 e. The first-order valence-corrected chi connectivity index (χ1v) is 5.93. The summed E-state index contributed by atoms with van der Waals surface area (Å²) in [6.07, 6.45) is 0.937. The van der Waals surface area contributed by atoms with Gasteiger partial charge < -0.3 is 10.6 Å². The van der Waals surface area contributed by atoms with Crippen molar-refractivity contribution < 1.29 is 13.6 Å². The van der Waals surface area contributed by atoms with E-state index in [0.717, 1.165) is 12.1 Å². The molecule has 0 saturated carbocycles. The Balaban J connectivity index is 2.65. The molecule has 0 aliphatic rings. The lowest BCUT2D eigenvalue weighted by atomic mass is 10.2. The molecule has 0 heterocycles. The van der Waals surface area contributed by atoms with Gasteiger partial charge in [0.25, 0.3) is 0 Å². The number of hydrogen-bond acceptors (Lipinski definition) is 2. The molecule has 0 atom stereocenters. The standard InChI is InChI=1S/C11H13BrF2N2O/c1-15-4-2-3-10(17)16-11-8(12)5-7(13)6-9(11)14/h5-6,15H,2-4H2,1H3,(H,16,17). The van der Waals surface area contributed by atoms with Crippen molar-refractivity contribution in [1.82, 2.24) is 5.32 Å². The third-order valence-corrected chi connectivity index (χ3v) is 2.73. The van der Waals surface area contributed by atoms with Gasteiger partial charge in [0.2, 0.25) is 5.91 Å². The molecular weight excluding hydrogens is 294 g/mol. The second kappa shape index (κ2) is 6.66. The molecule has 1 rings (SSSR count). The van der Waals surface area contributed by atoms with Crippen LogP contribution in [-0.2, 0) is 4.79 Å². The Hall–Kier alpha value is -1.01. The Labute approximate surface area is 107 Å². The molecule has 6 heteroatoms. The highest BCUT2D eigenvalue weighted by molar-refractivity contribution is 9.10. The lowest BCUT2D eigenvalue weighted by Crippen LogP contribution is -2.16. The largest absolute Gasteiger partial charge is 0.323 e. The minimum atomic E-state index is -0.793. The normalized spacial score (nSPS) is 10.4. The summed E-state index contributed by atoms with van der Waals surface area (Å²) in [7, 11) is 1.79. The predicted molar refractivity (Wildman–Crippen MR) is 65.8 cm³/mol. The fraction of sp³-hybridized carbons (Fsp3) is 0.364. The average molecular weight is 307 g/mol. The maximum absolute atomic E-state index is 13.4. The summed E-state index contributed by atoms with van der Waals surface area (Å²) in [5.74, 6) is -1.78. The van der Waals surface area contributed by atoms with Gasteiger partial charge in [0.15, 0.2) is 5.82 Å². The highest BCUT2D eigenvalue weighted by Gasteiger charge is 2.12. The summed E-state index contributed by atoms with van der Waals surface area (Å²) in [4.78, 5) is 11.5. The molecule has 0 aliphatic carbocycles. The average Bonchev–Trinajstić information content (AvgIpc) is 2.24. The van der Waals surface area contributed by atoms with Gasteiger partial charge in [-0.25, -0.2) is 8.78 Å². The van der Waals surface area contributed by atoms with E-state index in [0.29, 0.717) is 13.0 Å². The van der Waals surface area contributed by atoms with Crippen molar-refractivity contribution in [2.45, 2.75) is 12.8 Å². The number of rotatable bonds is 5. The van der Waals surface area contributed by atoms with Gasteiger partial charge in [-0.3, -0.25) is 4.79 Å². The van der Waals surface area contributed by atoms with Crippen molar-refractivity contribution in [3.05, 3.63) is 28.2 Å². The number of amides is 1. The lowest BCUT2D eigenvalue weighted by Gasteiger charge is -2.08. The first-order chi connectivity index (χ1) is 8.04. The molecule has 0 aromatic heterocycles. The number of hydrogen-bond donors (Lipinski definition) is 2. The number of benzene rings is 1. The molecular formula is C11H13BrF2N2O. The molecule has 0 saturated heterocycles. The minimum absolute atomic E-state index is 0.0270. The second-order valence-electron chi connectivity index (χ2n) is 3.50. The Morgan fingerprint density at radius 3 is 2.71 bits per heavy atom. The monoisotopic (exact) mass is 306 g/mol. The van der Waals surface area contributed by atoms with E-state index in [1.165, 1.54) is 0 Å². The van der Waals surface area contributed by atoms with E-state index in [9.17, 15) is 13.6 Å². The van der Waals surface area contributed by atoms with Crippen LogP contribution in [-0.4, -0.2) is 19.5 Å². The topological polar surface area (TPSA) is 41.1 Å². The van der Waals surface area contributed by atoms with Crippen LogP contribution in [0.3, 0.4) is 0 Å². The van der Waals surface area contributed by atoms with Gasteiger partial charge in [-0.2, -0.15) is 0 Å². The SMILES string of the molecule is CNCCCC(=O)Nc1c(F)cc(F)cc1Br. The molecule has 0 unspecified atom stereocenters. The zero-order valence-electron chi connectivity index (χ0n) is 9.32. The number of anilines is 1. The summed E-state index contributed by atoms with van der Waals surface area (Å²) in [6.45, 7) is 0.709. The second-order valence-corrected chi connectivity index (χ2v) is 4.35. The van der Waals surface area contributed by atoms with E-state index in [2.05, 4.69) is 26.6 Å². The zero-order chi connectivity index (χ0) is 12.8. The molecule has 0 aliphatic heterocycles. The van der Waals surface area contributed by atoms with Crippen LogP contribution in [0.5, 0.6) is 0 Å². The molecule has 1 aromatic rings. The molecule has 94 valence electrons. The Morgan fingerprint density at radius 1 is 1.41 bits per heavy atom. The van der Waals surface area contributed by atoms with Gasteiger partial charge in [-0.1, -0.05) is 0 Å². The van der Waals surface area contributed by atoms with Gasteiger partial charge in [-0.05, 0) is 42.0 Å². The van der Waals surface area contributed by atoms with Crippen molar-refractivity contribution in [2.75, 3.05) is 18.9 Å². The molecule has 2 N–H and O–H groups in total. The zero-order valence-corrected chi connectivity index (χ0v) is 10.9. The third-order valence-electron chi connectivity index (χ3n) is 2.10. The highest BCUT2D eigenvalue weighted by atomic mass is 79.9. The van der Waals surface area contributed by atoms with Crippen molar-refractivity contribution in [3.8, 4) is 0 Å². The number of halogens is 3. The van der Waals surface area contributed by atoms with Gasteiger partial charge in [0.05, 0.1) is 5.69 Å². The maximum atomic E-state index is 13.4. The van der Waals surface area contributed by atoms with Crippen LogP contribution in [0.2, 0.25) is 0 Å². The summed E-state index contributed by atoms with van der Waals surface area (Å²) in [5.41, 5.74) is -0.0270. The highest BCUT2D eigenvalue weighted by Crippen LogP contribution is 2.26. The maximum Gasteiger partial charge on any atom is 0.224 e. The molecule has 0 spiro atoms. The molecule has 0 bridgehead atoms. The predicted octanol–water partition coefficient (Wildman–Crippen LogP) is 2.67. The minimum Gasteiger partial charge on any atom is -0.323 e. The summed E-state index contributed by atoms with van der Waals surface area (Å²) in [5, 5.41) is 5.31. The fourth-order valence-electron chi connectivity index (χ4n) is 1.29.